The van der Waals surface area contributed by atoms with E-state index in [1.807, 2.05) is 0 Å². The van der Waals surface area contributed by atoms with Gasteiger partial charge in [0.2, 0.25) is 5.91 Å². The molecule has 1 aromatic rings. The summed E-state index contributed by atoms with van der Waals surface area (Å²) >= 11 is 0. The van der Waals surface area contributed by atoms with Crippen molar-refractivity contribution in [2.75, 3.05) is 13.3 Å². The number of alkyl halides is 3. The van der Waals surface area contributed by atoms with E-state index in [1.54, 1.807) is 6.92 Å². The number of likely N-dealkylation sites (N-methyl/N-ethyl adjacent to an activating group) is 1. The van der Waals surface area contributed by atoms with Crippen molar-refractivity contribution in [2.24, 2.45) is 0 Å². The quantitative estimate of drug-likeness (QED) is 0.819. The van der Waals surface area contributed by atoms with Crippen LogP contribution in [0.5, 0.6) is 0 Å². The van der Waals surface area contributed by atoms with Crippen LogP contribution in [0.3, 0.4) is 0 Å². The molecule has 130 valence electrons. The van der Waals surface area contributed by atoms with Crippen LogP contribution in [-0.4, -0.2) is 43.8 Å². The van der Waals surface area contributed by atoms with Crippen LogP contribution in [0.25, 0.3) is 0 Å². The normalized spacial score (nSPS) is 15.1. The lowest BCUT2D eigenvalue weighted by atomic mass is 10.1. The summed E-state index contributed by atoms with van der Waals surface area (Å²) in [5.41, 5.74) is -0.584. The van der Waals surface area contributed by atoms with Gasteiger partial charge in [-0.2, -0.15) is 13.2 Å². The second-order valence-electron chi connectivity index (χ2n) is 5.65. The summed E-state index contributed by atoms with van der Waals surface area (Å²) in [7, 11) is -1.88. The Bertz CT molecular complexity index is 671. The van der Waals surface area contributed by atoms with Gasteiger partial charge in [-0.3, -0.25) is 4.79 Å². The van der Waals surface area contributed by atoms with Crippen LogP contribution in [0, 0.1) is 0 Å². The van der Waals surface area contributed by atoms with Crippen LogP contribution in [0.1, 0.15) is 25.0 Å². The Labute approximate surface area is 134 Å². The molecule has 1 rings (SSSR count). The molecule has 0 aliphatic heterocycles. The molecule has 23 heavy (non-hydrogen) atoms. The van der Waals surface area contributed by atoms with E-state index in [0.29, 0.717) is 0 Å². The maximum Gasteiger partial charge on any atom is 0.416 e. The topological polar surface area (TPSA) is 54.5 Å². The molecule has 4 nitrogen and oxygen atoms in total. The summed E-state index contributed by atoms with van der Waals surface area (Å²) < 4.78 is 61.1. The fraction of sp³-hybridized carbons (Fsp3) is 0.533. The number of hydrogen-bond donors (Lipinski definition) is 0. The van der Waals surface area contributed by atoms with Crippen molar-refractivity contribution in [2.45, 2.75) is 37.7 Å². The van der Waals surface area contributed by atoms with Gasteiger partial charge in [0.15, 0.2) is 9.84 Å². The molecule has 0 radical (unpaired) electrons. The summed E-state index contributed by atoms with van der Waals surface area (Å²) in [6.07, 6.45) is -3.61. The van der Waals surface area contributed by atoms with E-state index < -0.39 is 38.8 Å². The van der Waals surface area contributed by atoms with Crippen molar-refractivity contribution in [3.05, 3.63) is 35.4 Å². The van der Waals surface area contributed by atoms with E-state index in [2.05, 4.69) is 0 Å². The van der Waals surface area contributed by atoms with Crippen molar-refractivity contribution in [3.63, 3.8) is 0 Å². The summed E-state index contributed by atoms with van der Waals surface area (Å²) in [6, 6.07) is 3.96. The molecule has 0 bridgehead atoms. The molecule has 0 aliphatic carbocycles. The molecule has 0 aliphatic rings. The number of hydrogen-bond acceptors (Lipinski definition) is 3. The average Bonchev–Trinajstić information content (AvgIpc) is 2.43. The molecule has 0 aromatic heterocycles. The maximum absolute atomic E-state index is 12.7. The number of nitrogens with zero attached hydrogens (tertiary/aromatic N) is 1. The second-order valence-corrected chi connectivity index (χ2v) is 8.06. The number of benzene rings is 1. The van der Waals surface area contributed by atoms with Gasteiger partial charge in [0.05, 0.1) is 17.2 Å². The fourth-order valence-corrected chi connectivity index (χ4v) is 2.95. The van der Waals surface area contributed by atoms with E-state index in [-0.39, 0.29) is 12.0 Å². The number of amides is 1. The molecule has 0 saturated heterocycles. The third-order valence-electron chi connectivity index (χ3n) is 3.97. The van der Waals surface area contributed by atoms with Crippen LogP contribution in [-0.2, 0) is 27.2 Å². The lowest BCUT2D eigenvalue weighted by molar-refractivity contribution is -0.138. The van der Waals surface area contributed by atoms with Gasteiger partial charge in [0, 0.05) is 19.3 Å². The van der Waals surface area contributed by atoms with Crippen molar-refractivity contribution < 1.29 is 26.4 Å². The van der Waals surface area contributed by atoms with E-state index in [9.17, 15) is 26.4 Å². The Morgan fingerprint density at radius 3 is 2.30 bits per heavy atom. The molecule has 2 unspecified atom stereocenters. The zero-order valence-corrected chi connectivity index (χ0v) is 14.2. The second kappa shape index (κ2) is 6.90. The van der Waals surface area contributed by atoms with Crippen molar-refractivity contribution in [1.82, 2.24) is 4.90 Å². The smallest absolute Gasteiger partial charge is 0.341 e. The standard InChI is InChI=1S/C15H20F3NO3S/c1-10(11(2)23(4,21)22)19(3)14(20)9-12-6-5-7-13(8-12)15(16,17)18/h5-8,10-11H,9H2,1-4H3. The van der Waals surface area contributed by atoms with Crippen molar-refractivity contribution in [3.8, 4) is 0 Å². The molecule has 0 fully saturated rings. The highest BCUT2D eigenvalue weighted by Crippen LogP contribution is 2.29. The van der Waals surface area contributed by atoms with Crippen molar-refractivity contribution >= 4 is 15.7 Å². The van der Waals surface area contributed by atoms with E-state index >= 15 is 0 Å². The van der Waals surface area contributed by atoms with Crippen LogP contribution >= 0.6 is 0 Å². The van der Waals surface area contributed by atoms with E-state index in [0.717, 1.165) is 18.4 Å². The molecular formula is C15H20F3NO3S. The van der Waals surface area contributed by atoms with Gasteiger partial charge in [-0.25, -0.2) is 8.42 Å². The Morgan fingerprint density at radius 1 is 1.26 bits per heavy atom. The first kappa shape index (κ1) is 19.5. The Balaban J connectivity index is 2.88. The van der Waals surface area contributed by atoms with Crippen LogP contribution < -0.4 is 0 Å². The Kier molecular flexibility index (Phi) is 5.84. The molecule has 0 saturated carbocycles. The molecule has 1 amide bonds. The maximum atomic E-state index is 12.7. The molecule has 0 spiro atoms. The minimum absolute atomic E-state index is 0.221. The third kappa shape index (κ3) is 5.23. The van der Waals surface area contributed by atoms with Gasteiger partial charge in [0.25, 0.3) is 0 Å². The lowest BCUT2D eigenvalue weighted by Gasteiger charge is -2.29. The van der Waals surface area contributed by atoms with Crippen LogP contribution in [0.4, 0.5) is 13.2 Å². The first-order chi connectivity index (χ1) is 10.3. The fourth-order valence-electron chi connectivity index (χ4n) is 2.06. The Morgan fingerprint density at radius 2 is 1.83 bits per heavy atom. The predicted molar refractivity (Wildman–Crippen MR) is 81.7 cm³/mol. The van der Waals surface area contributed by atoms with Gasteiger partial charge >= 0.3 is 6.18 Å². The Hall–Kier alpha value is -1.57. The number of rotatable bonds is 5. The highest BCUT2D eigenvalue weighted by Gasteiger charge is 2.31. The minimum atomic E-state index is -4.47. The average molecular weight is 351 g/mol. The zero-order valence-electron chi connectivity index (χ0n) is 13.4. The summed E-state index contributed by atoms with van der Waals surface area (Å²) in [5.74, 6) is -0.438. The van der Waals surface area contributed by atoms with Gasteiger partial charge in [-0.05, 0) is 25.5 Å². The predicted octanol–water partition coefficient (Wildman–Crippen LogP) is 2.53. The number of halogens is 3. The SMILES string of the molecule is CC(C(C)S(C)(=O)=O)N(C)C(=O)Cc1cccc(C(F)(F)F)c1. The molecule has 2 atom stereocenters. The summed E-state index contributed by atoms with van der Waals surface area (Å²) in [4.78, 5) is 13.5. The van der Waals surface area contributed by atoms with Crippen molar-refractivity contribution in [1.29, 1.82) is 0 Å². The molecule has 8 heteroatoms. The lowest BCUT2D eigenvalue weighted by Crippen LogP contribution is -2.45. The van der Waals surface area contributed by atoms with Gasteiger partial charge in [-0.15, -0.1) is 0 Å². The number of carbonyl (C=O) groups excluding carboxylic acids is 1. The summed E-state index contributed by atoms with van der Waals surface area (Å²) in [5, 5.41) is -0.766. The third-order valence-corrected chi connectivity index (χ3v) is 5.71. The minimum Gasteiger partial charge on any atom is -0.341 e. The van der Waals surface area contributed by atoms with Crippen LogP contribution in [0.15, 0.2) is 24.3 Å². The largest absolute Gasteiger partial charge is 0.416 e. The van der Waals surface area contributed by atoms with E-state index in [4.69, 9.17) is 0 Å². The molecule has 0 N–H and O–H groups in total. The first-order valence-corrected chi connectivity index (χ1v) is 8.90. The highest BCUT2D eigenvalue weighted by molar-refractivity contribution is 7.91. The number of sulfone groups is 1. The van der Waals surface area contributed by atoms with Gasteiger partial charge in [0.1, 0.15) is 0 Å². The van der Waals surface area contributed by atoms with Gasteiger partial charge < -0.3 is 4.90 Å². The number of carbonyl (C=O) groups is 1. The van der Waals surface area contributed by atoms with E-state index in [1.165, 1.54) is 31.0 Å². The van der Waals surface area contributed by atoms with Gasteiger partial charge in [-0.1, -0.05) is 18.2 Å². The highest BCUT2D eigenvalue weighted by atomic mass is 32.2. The monoisotopic (exact) mass is 351 g/mol. The molecule has 0 heterocycles. The summed E-state index contributed by atoms with van der Waals surface area (Å²) in [6.45, 7) is 3.09. The first-order valence-electron chi connectivity index (χ1n) is 6.94. The molecule has 1 aromatic carbocycles. The zero-order chi connectivity index (χ0) is 18.0. The van der Waals surface area contributed by atoms with Crippen LogP contribution in [0.2, 0.25) is 0 Å². The molecular weight excluding hydrogens is 331 g/mol.